The summed E-state index contributed by atoms with van der Waals surface area (Å²) in [5.74, 6) is 0.106. The molecule has 1 aromatic carbocycles. The third-order valence-electron chi connectivity index (χ3n) is 6.42. The molecule has 0 bridgehead atoms. The lowest BCUT2D eigenvalue weighted by Crippen LogP contribution is -2.51. The predicted octanol–water partition coefficient (Wildman–Crippen LogP) is 6.18. The molecular weight excluding hydrogens is 412 g/mol. The van der Waals surface area contributed by atoms with E-state index in [1.807, 2.05) is 24.0 Å². The molecule has 3 amide bonds. The van der Waals surface area contributed by atoms with Crippen molar-refractivity contribution in [3.8, 4) is 0 Å². The number of nitrogens with one attached hydrogen (secondary N) is 2. The minimum atomic E-state index is 0.0213. The smallest absolute Gasteiger partial charge is 0.317 e. The molecule has 1 saturated heterocycles. The quantitative estimate of drug-likeness (QED) is 0.309. The molecule has 2 rings (SSSR count). The molecule has 6 nitrogen and oxygen atoms in total. The SMILES string of the molecule is CCCCCCCCCCCCCC(=O)Nc1ccc(N2CCN(C(=O)NCC)CC2)cc1. The number of rotatable bonds is 15. The van der Waals surface area contributed by atoms with Crippen LogP contribution in [-0.4, -0.2) is 49.6 Å². The maximum atomic E-state index is 12.2. The van der Waals surface area contributed by atoms with Crippen LogP contribution >= 0.6 is 0 Å². The summed E-state index contributed by atoms with van der Waals surface area (Å²) in [5.41, 5.74) is 1.99. The maximum absolute atomic E-state index is 12.2. The van der Waals surface area contributed by atoms with Gasteiger partial charge in [0.2, 0.25) is 5.91 Å². The topological polar surface area (TPSA) is 64.7 Å². The van der Waals surface area contributed by atoms with Crippen molar-refractivity contribution in [2.75, 3.05) is 42.9 Å². The number of urea groups is 1. The van der Waals surface area contributed by atoms with E-state index < -0.39 is 0 Å². The Kier molecular flexibility index (Phi) is 13.4. The summed E-state index contributed by atoms with van der Waals surface area (Å²) >= 11 is 0. The van der Waals surface area contributed by atoms with E-state index >= 15 is 0 Å². The van der Waals surface area contributed by atoms with Crippen LogP contribution in [0.1, 0.15) is 90.9 Å². The standard InChI is InChI=1S/C27H46N4O2/c1-3-5-6-7-8-9-10-11-12-13-14-15-26(32)29-24-16-18-25(19-17-24)30-20-22-31(23-21-30)27(33)28-4-2/h16-19H,3-15,20-23H2,1-2H3,(H,28,33)(H,29,32). The average Bonchev–Trinajstić information content (AvgIpc) is 2.83. The Labute approximate surface area is 201 Å². The zero-order valence-electron chi connectivity index (χ0n) is 21.0. The number of piperazine rings is 1. The van der Waals surface area contributed by atoms with Gasteiger partial charge in [-0.15, -0.1) is 0 Å². The first-order valence-electron chi connectivity index (χ1n) is 13.3. The number of unbranched alkanes of at least 4 members (excludes halogenated alkanes) is 10. The van der Waals surface area contributed by atoms with Gasteiger partial charge in [-0.1, -0.05) is 71.1 Å². The van der Waals surface area contributed by atoms with Crippen LogP contribution in [0.15, 0.2) is 24.3 Å². The van der Waals surface area contributed by atoms with Crippen LogP contribution in [0.4, 0.5) is 16.2 Å². The minimum absolute atomic E-state index is 0.0213. The molecule has 1 aromatic rings. The second-order valence-corrected chi connectivity index (χ2v) is 9.19. The van der Waals surface area contributed by atoms with Crippen LogP contribution in [-0.2, 0) is 4.79 Å². The van der Waals surface area contributed by atoms with E-state index in [0.29, 0.717) is 13.0 Å². The van der Waals surface area contributed by atoms with E-state index in [1.165, 1.54) is 57.8 Å². The van der Waals surface area contributed by atoms with Gasteiger partial charge >= 0.3 is 6.03 Å². The lowest BCUT2D eigenvalue weighted by Gasteiger charge is -2.36. The molecule has 0 radical (unpaired) electrons. The van der Waals surface area contributed by atoms with E-state index in [9.17, 15) is 9.59 Å². The Morgan fingerprint density at radius 1 is 0.758 bits per heavy atom. The van der Waals surface area contributed by atoms with Crippen LogP contribution in [0, 0.1) is 0 Å². The number of nitrogens with zero attached hydrogens (tertiary/aromatic N) is 2. The van der Waals surface area contributed by atoms with Crippen LogP contribution in [0.3, 0.4) is 0 Å². The molecule has 0 spiro atoms. The number of carbonyl (C=O) groups excluding carboxylic acids is 2. The van der Waals surface area contributed by atoms with Gasteiger partial charge in [0.15, 0.2) is 0 Å². The number of hydrogen-bond acceptors (Lipinski definition) is 3. The van der Waals surface area contributed by atoms with Gasteiger partial charge in [-0.3, -0.25) is 4.79 Å². The predicted molar refractivity (Wildman–Crippen MR) is 139 cm³/mol. The lowest BCUT2D eigenvalue weighted by molar-refractivity contribution is -0.116. The fraction of sp³-hybridized carbons (Fsp3) is 0.704. The first kappa shape index (κ1) is 27.0. The van der Waals surface area contributed by atoms with Crippen molar-refractivity contribution in [3.05, 3.63) is 24.3 Å². The summed E-state index contributed by atoms with van der Waals surface area (Å²) in [4.78, 5) is 28.3. The summed E-state index contributed by atoms with van der Waals surface area (Å²) in [6.45, 7) is 7.95. The summed E-state index contributed by atoms with van der Waals surface area (Å²) < 4.78 is 0. The third-order valence-corrected chi connectivity index (χ3v) is 6.42. The molecule has 1 heterocycles. The molecular formula is C27H46N4O2. The molecule has 0 unspecified atom stereocenters. The van der Waals surface area contributed by atoms with Gasteiger partial charge < -0.3 is 20.4 Å². The van der Waals surface area contributed by atoms with Crippen molar-refractivity contribution in [2.45, 2.75) is 90.9 Å². The average molecular weight is 459 g/mol. The summed E-state index contributed by atoms with van der Waals surface area (Å²) in [6, 6.07) is 8.08. The van der Waals surface area contributed by atoms with Crippen LogP contribution < -0.4 is 15.5 Å². The third kappa shape index (κ3) is 11.0. The van der Waals surface area contributed by atoms with Crippen molar-refractivity contribution >= 4 is 23.3 Å². The zero-order chi connectivity index (χ0) is 23.7. The van der Waals surface area contributed by atoms with Crippen molar-refractivity contribution in [3.63, 3.8) is 0 Å². The van der Waals surface area contributed by atoms with Crippen LogP contribution in [0.25, 0.3) is 0 Å². The molecule has 1 aliphatic heterocycles. The van der Waals surface area contributed by atoms with Gasteiger partial charge in [-0.05, 0) is 37.6 Å². The van der Waals surface area contributed by atoms with Gasteiger partial charge in [0.1, 0.15) is 0 Å². The Morgan fingerprint density at radius 3 is 1.85 bits per heavy atom. The van der Waals surface area contributed by atoms with Gasteiger partial charge in [-0.2, -0.15) is 0 Å². The van der Waals surface area contributed by atoms with E-state index in [0.717, 1.165) is 50.4 Å². The largest absolute Gasteiger partial charge is 0.368 e. The van der Waals surface area contributed by atoms with Gasteiger partial charge in [0.05, 0.1) is 0 Å². The van der Waals surface area contributed by atoms with E-state index in [1.54, 1.807) is 0 Å². The highest BCUT2D eigenvalue weighted by Gasteiger charge is 2.20. The van der Waals surface area contributed by atoms with Crippen LogP contribution in [0.5, 0.6) is 0 Å². The lowest BCUT2D eigenvalue weighted by atomic mass is 10.1. The molecule has 0 atom stereocenters. The molecule has 0 aliphatic carbocycles. The van der Waals surface area contributed by atoms with Gasteiger partial charge in [0, 0.05) is 50.5 Å². The van der Waals surface area contributed by atoms with Crippen LogP contribution in [0.2, 0.25) is 0 Å². The first-order valence-corrected chi connectivity index (χ1v) is 13.3. The molecule has 1 aliphatic rings. The van der Waals surface area contributed by atoms with Crippen molar-refractivity contribution in [1.29, 1.82) is 0 Å². The van der Waals surface area contributed by atoms with Gasteiger partial charge in [-0.25, -0.2) is 4.79 Å². The first-order chi connectivity index (χ1) is 16.1. The summed E-state index contributed by atoms with van der Waals surface area (Å²) in [7, 11) is 0. The number of anilines is 2. The Morgan fingerprint density at radius 2 is 1.30 bits per heavy atom. The summed E-state index contributed by atoms with van der Waals surface area (Å²) in [6.07, 6.45) is 14.8. The monoisotopic (exact) mass is 458 g/mol. The number of amides is 3. The van der Waals surface area contributed by atoms with E-state index in [-0.39, 0.29) is 11.9 Å². The number of hydrogen-bond donors (Lipinski definition) is 2. The second kappa shape index (κ2) is 16.4. The Bertz CT molecular complexity index is 669. The summed E-state index contributed by atoms with van der Waals surface area (Å²) in [5, 5.41) is 5.89. The highest BCUT2D eigenvalue weighted by Crippen LogP contribution is 2.20. The molecule has 186 valence electrons. The van der Waals surface area contributed by atoms with Crippen molar-refractivity contribution in [1.82, 2.24) is 10.2 Å². The highest BCUT2D eigenvalue weighted by atomic mass is 16.2. The highest BCUT2D eigenvalue weighted by molar-refractivity contribution is 5.90. The number of benzene rings is 1. The normalized spacial score (nSPS) is 13.8. The van der Waals surface area contributed by atoms with E-state index in [4.69, 9.17) is 0 Å². The number of carbonyl (C=O) groups is 2. The van der Waals surface area contributed by atoms with E-state index in [2.05, 4.69) is 34.6 Å². The second-order valence-electron chi connectivity index (χ2n) is 9.19. The molecule has 0 saturated carbocycles. The maximum Gasteiger partial charge on any atom is 0.317 e. The fourth-order valence-corrected chi connectivity index (χ4v) is 4.36. The molecule has 0 aromatic heterocycles. The minimum Gasteiger partial charge on any atom is -0.368 e. The molecule has 1 fully saturated rings. The molecule has 6 heteroatoms. The van der Waals surface area contributed by atoms with Gasteiger partial charge in [0.25, 0.3) is 0 Å². The fourth-order valence-electron chi connectivity index (χ4n) is 4.36. The Hall–Kier alpha value is -2.24. The van der Waals surface area contributed by atoms with Crippen molar-refractivity contribution < 1.29 is 9.59 Å². The molecule has 2 N–H and O–H groups in total. The van der Waals surface area contributed by atoms with Crippen molar-refractivity contribution in [2.24, 2.45) is 0 Å². The zero-order valence-corrected chi connectivity index (χ0v) is 21.0. The Balaban J connectivity index is 1.55. The molecule has 33 heavy (non-hydrogen) atoms.